The lowest BCUT2D eigenvalue weighted by molar-refractivity contribution is -0.129. The Labute approximate surface area is 113 Å². The molecule has 1 fully saturated rings. The summed E-state index contributed by atoms with van der Waals surface area (Å²) >= 11 is 0. The molecule has 1 atom stereocenters. The predicted molar refractivity (Wildman–Crippen MR) is 73.8 cm³/mol. The molecule has 0 aliphatic carbocycles. The molecule has 0 saturated carbocycles. The number of anilines is 1. The van der Waals surface area contributed by atoms with Crippen LogP contribution in [-0.4, -0.2) is 47.0 Å². The van der Waals surface area contributed by atoms with E-state index >= 15 is 0 Å². The number of nitrogens with one attached hydrogen (secondary N) is 2. The van der Waals surface area contributed by atoms with E-state index in [0.29, 0.717) is 13.1 Å². The number of amides is 1. The van der Waals surface area contributed by atoms with E-state index in [1.165, 1.54) is 0 Å². The number of aryl methyl sites for hydroxylation is 1. The lowest BCUT2D eigenvalue weighted by Gasteiger charge is -2.33. The van der Waals surface area contributed by atoms with E-state index in [1.807, 2.05) is 27.0 Å². The van der Waals surface area contributed by atoms with Crippen molar-refractivity contribution < 1.29 is 4.79 Å². The zero-order valence-electron chi connectivity index (χ0n) is 11.7. The Morgan fingerprint density at radius 2 is 2.32 bits per heavy atom. The molecule has 1 aromatic rings. The third kappa shape index (κ3) is 3.20. The molecule has 1 aliphatic heterocycles. The molecule has 19 heavy (non-hydrogen) atoms. The van der Waals surface area contributed by atoms with Gasteiger partial charge in [0.05, 0.1) is 12.6 Å². The Morgan fingerprint density at radius 1 is 1.53 bits per heavy atom. The van der Waals surface area contributed by atoms with E-state index in [1.54, 1.807) is 0 Å². The van der Waals surface area contributed by atoms with E-state index < -0.39 is 0 Å². The minimum atomic E-state index is -0.0732. The van der Waals surface area contributed by atoms with Crippen LogP contribution in [0.3, 0.4) is 0 Å². The average Bonchev–Trinajstić information content (AvgIpc) is 2.38. The molecular formula is C13H21N5O. The summed E-state index contributed by atoms with van der Waals surface area (Å²) in [7, 11) is 1.84. The molecule has 2 heterocycles. The highest BCUT2D eigenvalue weighted by molar-refractivity contribution is 5.82. The van der Waals surface area contributed by atoms with Crippen molar-refractivity contribution in [3.63, 3.8) is 0 Å². The van der Waals surface area contributed by atoms with Crippen molar-refractivity contribution in [3.05, 3.63) is 17.6 Å². The van der Waals surface area contributed by atoms with Crippen LogP contribution in [0.2, 0.25) is 0 Å². The highest BCUT2D eigenvalue weighted by Gasteiger charge is 2.28. The Morgan fingerprint density at radius 3 is 3.00 bits per heavy atom. The smallest absolute Gasteiger partial charge is 0.237 e. The van der Waals surface area contributed by atoms with Crippen molar-refractivity contribution in [2.45, 2.75) is 32.9 Å². The van der Waals surface area contributed by atoms with Gasteiger partial charge in [0.2, 0.25) is 5.91 Å². The average molecular weight is 263 g/mol. The minimum Gasteiger partial charge on any atom is -0.373 e. The maximum absolute atomic E-state index is 11.8. The highest BCUT2D eigenvalue weighted by Crippen LogP contribution is 2.13. The molecule has 2 N–H and O–H groups in total. The van der Waals surface area contributed by atoms with Gasteiger partial charge in [-0.15, -0.1) is 0 Å². The van der Waals surface area contributed by atoms with Crippen LogP contribution in [0, 0.1) is 6.92 Å². The van der Waals surface area contributed by atoms with Crippen molar-refractivity contribution in [1.29, 1.82) is 0 Å². The van der Waals surface area contributed by atoms with Crippen LogP contribution in [0.5, 0.6) is 0 Å². The summed E-state index contributed by atoms with van der Waals surface area (Å²) in [4.78, 5) is 22.8. The van der Waals surface area contributed by atoms with Crippen LogP contribution in [-0.2, 0) is 11.3 Å². The molecule has 1 aliphatic rings. The largest absolute Gasteiger partial charge is 0.373 e. The van der Waals surface area contributed by atoms with Crippen molar-refractivity contribution >= 4 is 11.7 Å². The zero-order valence-corrected chi connectivity index (χ0v) is 11.7. The van der Waals surface area contributed by atoms with Gasteiger partial charge in [0.15, 0.2) is 0 Å². The molecule has 0 bridgehead atoms. The van der Waals surface area contributed by atoms with E-state index in [9.17, 15) is 4.79 Å². The van der Waals surface area contributed by atoms with Gasteiger partial charge in [-0.05, 0) is 13.3 Å². The fourth-order valence-electron chi connectivity index (χ4n) is 2.41. The first-order valence-corrected chi connectivity index (χ1v) is 6.68. The summed E-state index contributed by atoms with van der Waals surface area (Å²) in [5.41, 5.74) is 0.934. The first-order valence-electron chi connectivity index (χ1n) is 6.68. The van der Waals surface area contributed by atoms with Crippen LogP contribution in [0.4, 0.5) is 5.82 Å². The molecule has 1 unspecified atom stereocenters. The van der Waals surface area contributed by atoms with E-state index in [-0.39, 0.29) is 11.9 Å². The third-order valence-electron chi connectivity index (χ3n) is 3.33. The number of nitrogens with zero attached hydrogens (tertiary/aromatic N) is 3. The Hall–Kier alpha value is -1.69. The molecule has 1 amide bonds. The third-order valence-corrected chi connectivity index (χ3v) is 3.33. The molecule has 0 spiro atoms. The number of piperazine rings is 1. The molecule has 6 nitrogen and oxygen atoms in total. The first kappa shape index (κ1) is 13.7. The lowest BCUT2D eigenvalue weighted by Crippen LogP contribution is -2.54. The van der Waals surface area contributed by atoms with Gasteiger partial charge in [0.25, 0.3) is 0 Å². The number of carbonyl (C=O) groups is 1. The van der Waals surface area contributed by atoms with Crippen LogP contribution < -0.4 is 10.6 Å². The van der Waals surface area contributed by atoms with Crippen molar-refractivity contribution in [3.8, 4) is 0 Å². The maximum atomic E-state index is 11.8. The van der Waals surface area contributed by atoms with Crippen molar-refractivity contribution in [1.82, 2.24) is 20.2 Å². The second-order valence-electron chi connectivity index (χ2n) is 4.75. The fourth-order valence-corrected chi connectivity index (χ4v) is 2.41. The van der Waals surface area contributed by atoms with Crippen LogP contribution >= 0.6 is 0 Å². The summed E-state index contributed by atoms with van der Waals surface area (Å²) in [6.07, 6.45) is 0.802. The second-order valence-corrected chi connectivity index (χ2v) is 4.75. The normalized spacial score (nSPS) is 20.2. The van der Waals surface area contributed by atoms with Gasteiger partial charge in [-0.2, -0.15) is 0 Å². The molecule has 1 saturated heterocycles. The standard InChI is InChI=1S/C13H21N5O/c1-4-10-13(19)15-5-6-18(10)8-12-16-9(2)7-11(14-3)17-12/h7,10H,4-6,8H2,1-3H3,(H,15,19)(H,14,16,17). The van der Waals surface area contributed by atoms with E-state index in [0.717, 1.165) is 30.3 Å². The van der Waals surface area contributed by atoms with Crippen LogP contribution in [0.15, 0.2) is 6.07 Å². The monoisotopic (exact) mass is 263 g/mol. The Bertz CT molecular complexity index is 462. The topological polar surface area (TPSA) is 70.2 Å². The van der Waals surface area contributed by atoms with Gasteiger partial charge in [0, 0.05) is 31.9 Å². The minimum absolute atomic E-state index is 0.0732. The second kappa shape index (κ2) is 5.97. The maximum Gasteiger partial charge on any atom is 0.237 e. The van der Waals surface area contributed by atoms with Gasteiger partial charge in [-0.1, -0.05) is 6.92 Å². The zero-order chi connectivity index (χ0) is 13.8. The van der Waals surface area contributed by atoms with Gasteiger partial charge in [0.1, 0.15) is 11.6 Å². The molecule has 0 aromatic carbocycles. The number of carbonyl (C=O) groups excluding carboxylic acids is 1. The van der Waals surface area contributed by atoms with Crippen LogP contribution in [0.1, 0.15) is 24.9 Å². The van der Waals surface area contributed by atoms with E-state index in [2.05, 4.69) is 25.5 Å². The van der Waals surface area contributed by atoms with Gasteiger partial charge in [-0.25, -0.2) is 9.97 Å². The van der Waals surface area contributed by atoms with Crippen molar-refractivity contribution in [2.24, 2.45) is 0 Å². The SMILES string of the molecule is CCC1C(=O)NCCN1Cc1nc(C)cc(NC)n1. The van der Waals surface area contributed by atoms with Gasteiger partial charge in [-0.3, -0.25) is 9.69 Å². The van der Waals surface area contributed by atoms with Crippen LogP contribution in [0.25, 0.3) is 0 Å². The molecular weight excluding hydrogens is 242 g/mol. The number of hydrogen-bond donors (Lipinski definition) is 2. The van der Waals surface area contributed by atoms with E-state index in [4.69, 9.17) is 0 Å². The van der Waals surface area contributed by atoms with Gasteiger partial charge >= 0.3 is 0 Å². The predicted octanol–water partition coefficient (Wildman–Crippen LogP) is 0.537. The fraction of sp³-hybridized carbons (Fsp3) is 0.615. The Kier molecular flexibility index (Phi) is 4.31. The molecule has 104 valence electrons. The Balaban J connectivity index is 2.15. The summed E-state index contributed by atoms with van der Waals surface area (Å²) in [5, 5.41) is 5.93. The summed E-state index contributed by atoms with van der Waals surface area (Å²) in [6.45, 7) is 6.13. The number of hydrogen-bond acceptors (Lipinski definition) is 5. The summed E-state index contributed by atoms with van der Waals surface area (Å²) < 4.78 is 0. The van der Waals surface area contributed by atoms with Gasteiger partial charge < -0.3 is 10.6 Å². The highest BCUT2D eigenvalue weighted by atomic mass is 16.2. The molecule has 6 heteroatoms. The first-order chi connectivity index (χ1) is 9.13. The summed E-state index contributed by atoms with van der Waals surface area (Å²) in [6, 6.07) is 1.83. The number of aromatic nitrogens is 2. The molecule has 0 radical (unpaired) electrons. The number of rotatable bonds is 4. The molecule has 1 aromatic heterocycles. The van der Waals surface area contributed by atoms with Crippen molar-refractivity contribution in [2.75, 3.05) is 25.5 Å². The molecule has 2 rings (SSSR count). The lowest BCUT2D eigenvalue weighted by atomic mass is 10.1. The summed E-state index contributed by atoms with van der Waals surface area (Å²) in [5.74, 6) is 1.68. The quantitative estimate of drug-likeness (QED) is 0.829.